The van der Waals surface area contributed by atoms with Crippen LogP contribution in [0, 0.1) is 0 Å². The van der Waals surface area contributed by atoms with Crippen LogP contribution < -0.4 is 4.74 Å². The molecule has 1 fully saturated rings. The van der Waals surface area contributed by atoms with Gasteiger partial charge in [-0.3, -0.25) is 14.6 Å². The number of carbonyl (C=O) groups excluding carboxylic acids is 2. The Balaban J connectivity index is 2.11. The first-order chi connectivity index (χ1) is 14.0. The number of aromatic nitrogens is 1. The van der Waals surface area contributed by atoms with E-state index in [9.17, 15) is 14.7 Å². The van der Waals surface area contributed by atoms with Gasteiger partial charge in [0.2, 0.25) is 0 Å². The number of halogens is 1. The molecule has 1 atom stereocenters. The van der Waals surface area contributed by atoms with Gasteiger partial charge in [-0.05, 0) is 42.3 Å². The highest BCUT2D eigenvalue weighted by molar-refractivity contribution is 6.46. The molecule has 29 heavy (non-hydrogen) atoms. The quantitative estimate of drug-likeness (QED) is 0.322. The summed E-state index contributed by atoms with van der Waals surface area (Å²) in [6.45, 7) is 0.756. The highest BCUT2D eigenvalue weighted by Gasteiger charge is 2.45. The van der Waals surface area contributed by atoms with Crippen molar-refractivity contribution in [1.29, 1.82) is 0 Å². The molecular weight excluding hydrogens is 396 g/mol. The summed E-state index contributed by atoms with van der Waals surface area (Å²) in [5, 5.41) is 11.2. The zero-order chi connectivity index (χ0) is 21.0. The van der Waals surface area contributed by atoms with Crippen LogP contribution in [0.2, 0.25) is 5.02 Å². The van der Waals surface area contributed by atoms with E-state index in [-0.39, 0.29) is 16.4 Å². The van der Waals surface area contributed by atoms with Crippen molar-refractivity contribution < 1.29 is 24.2 Å². The summed E-state index contributed by atoms with van der Waals surface area (Å²) in [7, 11) is 3.05. The van der Waals surface area contributed by atoms with Crippen LogP contribution in [0.5, 0.6) is 5.75 Å². The monoisotopic (exact) mass is 416 g/mol. The SMILES string of the molecule is COCCCN1C(=O)C(=O)/C(=C(\O)c2ccc(OC)c(Cl)c2)C1c1ccncc1. The average molecular weight is 417 g/mol. The third-order valence-corrected chi connectivity index (χ3v) is 5.03. The Kier molecular flexibility index (Phi) is 6.51. The number of aliphatic hydroxyl groups excluding tert-OH is 1. The molecule has 1 aliphatic rings. The van der Waals surface area contributed by atoms with Crippen LogP contribution in [0.1, 0.15) is 23.6 Å². The number of nitrogens with zero attached hydrogens (tertiary/aromatic N) is 2. The number of hydrogen-bond acceptors (Lipinski definition) is 6. The van der Waals surface area contributed by atoms with Gasteiger partial charge >= 0.3 is 0 Å². The minimum atomic E-state index is -0.742. The number of aliphatic hydroxyl groups is 1. The van der Waals surface area contributed by atoms with Crippen LogP contribution >= 0.6 is 11.6 Å². The Bertz CT molecular complexity index is 945. The fourth-order valence-corrected chi connectivity index (χ4v) is 3.61. The summed E-state index contributed by atoms with van der Waals surface area (Å²) in [5.41, 5.74) is 1.02. The van der Waals surface area contributed by atoms with Gasteiger partial charge in [0, 0.05) is 38.2 Å². The van der Waals surface area contributed by atoms with E-state index in [0.29, 0.717) is 36.4 Å². The highest BCUT2D eigenvalue weighted by atomic mass is 35.5. The van der Waals surface area contributed by atoms with Gasteiger partial charge in [0.15, 0.2) is 0 Å². The number of carbonyl (C=O) groups is 2. The summed E-state index contributed by atoms with van der Waals surface area (Å²) in [5.74, 6) is -1.25. The molecule has 7 nitrogen and oxygen atoms in total. The van der Waals surface area contributed by atoms with Crippen LogP contribution in [0.15, 0.2) is 48.3 Å². The molecule has 8 heteroatoms. The number of rotatable bonds is 7. The molecule has 1 amide bonds. The topological polar surface area (TPSA) is 89.0 Å². The fourth-order valence-electron chi connectivity index (χ4n) is 3.35. The normalized spacial score (nSPS) is 18.3. The molecule has 1 aromatic heterocycles. The number of Topliss-reactive ketones (excluding diaryl/α,β-unsaturated/α-hetero) is 1. The molecule has 0 spiro atoms. The molecular formula is C21H21ClN2O5. The summed E-state index contributed by atoms with van der Waals surface area (Å²) in [4.78, 5) is 31.0. The van der Waals surface area contributed by atoms with E-state index in [1.54, 1.807) is 43.8 Å². The molecule has 1 aliphatic heterocycles. The van der Waals surface area contributed by atoms with Crippen molar-refractivity contribution in [3.05, 3.63) is 64.4 Å². The van der Waals surface area contributed by atoms with E-state index in [1.807, 2.05) is 0 Å². The minimum absolute atomic E-state index is 0.0138. The zero-order valence-electron chi connectivity index (χ0n) is 16.1. The number of pyridine rings is 1. The van der Waals surface area contributed by atoms with Crippen LogP contribution in [0.3, 0.4) is 0 Å². The molecule has 3 rings (SSSR count). The lowest BCUT2D eigenvalue weighted by Gasteiger charge is -2.25. The number of benzene rings is 1. The molecule has 0 aliphatic carbocycles. The first-order valence-electron chi connectivity index (χ1n) is 9.00. The van der Waals surface area contributed by atoms with Crippen LogP contribution in [-0.4, -0.2) is 54.1 Å². The zero-order valence-corrected chi connectivity index (χ0v) is 16.8. The Morgan fingerprint density at radius 3 is 2.55 bits per heavy atom. The van der Waals surface area contributed by atoms with Crippen molar-refractivity contribution in [2.75, 3.05) is 27.4 Å². The third kappa shape index (κ3) is 4.11. The Hall–Kier alpha value is -2.90. The molecule has 2 heterocycles. The van der Waals surface area contributed by atoms with Crippen molar-refractivity contribution in [1.82, 2.24) is 9.88 Å². The van der Waals surface area contributed by atoms with Crippen LogP contribution in [0.25, 0.3) is 5.76 Å². The standard InChI is InChI=1S/C21H21ClN2O5/c1-28-11-3-10-24-18(13-6-8-23-9-7-13)17(20(26)21(24)27)19(25)14-4-5-16(29-2)15(22)12-14/h4-9,12,18,25H,3,10-11H2,1-2H3/b19-17-. The smallest absolute Gasteiger partial charge is 0.295 e. The highest BCUT2D eigenvalue weighted by Crippen LogP contribution is 2.40. The number of amides is 1. The summed E-state index contributed by atoms with van der Waals surface area (Å²) < 4.78 is 10.2. The number of ketones is 1. The van der Waals surface area contributed by atoms with Crippen molar-refractivity contribution in [3.8, 4) is 5.75 Å². The van der Waals surface area contributed by atoms with Gasteiger partial charge < -0.3 is 19.5 Å². The number of methoxy groups -OCH3 is 2. The maximum atomic E-state index is 12.8. The first kappa shape index (κ1) is 20.8. The molecule has 0 radical (unpaired) electrons. The Labute approximate surface area is 173 Å². The Morgan fingerprint density at radius 2 is 1.93 bits per heavy atom. The molecule has 0 bridgehead atoms. The number of likely N-dealkylation sites (tertiary alicyclic amines) is 1. The van der Waals surface area contributed by atoms with Gasteiger partial charge in [-0.15, -0.1) is 0 Å². The molecule has 2 aromatic rings. The minimum Gasteiger partial charge on any atom is -0.507 e. The fraction of sp³-hybridized carbons (Fsp3) is 0.286. The van der Waals surface area contributed by atoms with E-state index < -0.39 is 17.7 Å². The van der Waals surface area contributed by atoms with E-state index in [0.717, 1.165) is 0 Å². The van der Waals surface area contributed by atoms with Crippen molar-refractivity contribution in [2.24, 2.45) is 0 Å². The number of hydrogen-bond donors (Lipinski definition) is 1. The van der Waals surface area contributed by atoms with Crippen molar-refractivity contribution in [2.45, 2.75) is 12.5 Å². The second-order valence-electron chi connectivity index (χ2n) is 6.47. The largest absolute Gasteiger partial charge is 0.507 e. The lowest BCUT2D eigenvalue weighted by atomic mass is 9.96. The first-order valence-corrected chi connectivity index (χ1v) is 9.38. The molecule has 152 valence electrons. The number of ether oxygens (including phenoxy) is 2. The van der Waals surface area contributed by atoms with Crippen molar-refractivity contribution in [3.63, 3.8) is 0 Å². The van der Waals surface area contributed by atoms with E-state index in [1.165, 1.54) is 18.1 Å². The Morgan fingerprint density at radius 1 is 1.21 bits per heavy atom. The van der Waals surface area contributed by atoms with Gasteiger partial charge in [-0.2, -0.15) is 0 Å². The van der Waals surface area contributed by atoms with Gasteiger partial charge in [-0.25, -0.2) is 0 Å². The van der Waals surface area contributed by atoms with Gasteiger partial charge in [0.25, 0.3) is 11.7 Å². The van der Waals surface area contributed by atoms with Crippen molar-refractivity contribution >= 4 is 29.1 Å². The molecule has 1 aromatic carbocycles. The maximum absolute atomic E-state index is 12.8. The van der Waals surface area contributed by atoms with E-state index in [4.69, 9.17) is 21.1 Å². The van der Waals surface area contributed by atoms with E-state index >= 15 is 0 Å². The van der Waals surface area contributed by atoms with Gasteiger partial charge in [-0.1, -0.05) is 11.6 Å². The van der Waals surface area contributed by atoms with Gasteiger partial charge in [0.05, 0.1) is 23.7 Å². The maximum Gasteiger partial charge on any atom is 0.295 e. The van der Waals surface area contributed by atoms with Crippen LogP contribution in [-0.2, 0) is 14.3 Å². The lowest BCUT2D eigenvalue weighted by molar-refractivity contribution is -0.140. The molecule has 1 unspecified atom stereocenters. The summed E-state index contributed by atoms with van der Waals surface area (Å²) in [6, 6.07) is 7.38. The second-order valence-corrected chi connectivity index (χ2v) is 6.88. The molecule has 0 saturated carbocycles. The van der Waals surface area contributed by atoms with Crippen LogP contribution in [0.4, 0.5) is 0 Å². The summed E-state index contributed by atoms with van der Waals surface area (Å²) >= 11 is 6.17. The molecule has 1 N–H and O–H groups in total. The third-order valence-electron chi connectivity index (χ3n) is 4.73. The predicted molar refractivity (Wildman–Crippen MR) is 108 cm³/mol. The summed E-state index contributed by atoms with van der Waals surface area (Å²) in [6.07, 6.45) is 3.71. The predicted octanol–water partition coefficient (Wildman–Crippen LogP) is 3.20. The van der Waals surface area contributed by atoms with Gasteiger partial charge in [0.1, 0.15) is 11.5 Å². The second kappa shape index (κ2) is 9.07. The average Bonchev–Trinajstić information content (AvgIpc) is 2.99. The van der Waals surface area contributed by atoms with E-state index in [2.05, 4.69) is 4.98 Å². The molecule has 1 saturated heterocycles. The lowest BCUT2D eigenvalue weighted by Crippen LogP contribution is -2.31.